The second-order valence-corrected chi connectivity index (χ2v) is 8.39. The van der Waals surface area contributed by atoms with E-state index in [1.807, 2.05) is 32.0 Å². The number of aliphatic hydroxyl groups excluding tert-OH is 1. The van der Waals surface area contributed by atoms with E-state index < -0.39 is 0 Å². The van der Waals surface area contributed by atoms with Crippen LogP contribution in [-0.2, 0) is 45.7 Å². The molecule has 2 aromatic rings. The molecule has 1 aliphatic carbocycles. The third-order valence-corrected chi connectivity index (χ3v) is 6.51. The third kappa shape index (κ3) is 6.29. The molecule has 0 spiro atoms. The van der Waals surface area contributed by atoms with E-state index in [9.17, 15) is 5.11 Å². The van der Waals surface area contributed by atoms with Crippen molar-refractivity contribution in [2.45, 2.75) is 57.9 Å². The van der Waals surface area contributed by atoms with Gasteiger partial charge in [-0.25, -0.2) is 0 Å². The molecule has 0 saturated heterocycles. The number of halogens is 1. The molecule has 4 heteroatoms. The predicted molar refractivity (Wildman–Crippen MR) is 111 cm³/mol. The molecule has 28 heavy (non-hydrogen) atoms. The molecule has 0 aliphatic heterocycles. The molecule has 0 heterocycles. The molecule has 0 aromatic heterocycles. The van der Waals surface area contributed by atoms with Gasteiger partial charge in [-0.15, -0.1) is 11.6 Å². The van der Waals surface area contributed by atoms with Crippen LogP contribution in [0.2, 0.25) is 0 Å². The Hall–Kier alpha value is -0.406. The number of aliphatic hydroxyl groups is 1. The van der Waals surface area contributed by atoms with Gasteiger partial charge in [-0.3, -0.25) is 0 Å². The van der Waals surface area contributed by atoms with Gasteiger partial charge in [0.25, 0.3) is 0 Å². The summed E-state index contributed by atoms with van der Waals surface area (Å²) in [5.41, 5.74) is 4.52. The summed E-state index contributed by atoms with van der Waals surface area (Å²) in [6.07, 6.45) is 5.78. The van der Waals surface area contributed by atoms with E-state index >= 15 is 0 Å². The Balaban J connectivity index is 0.00000280. The fourth-order valence-electron chi connectivity index (χ4n) is 4.33. The first-order valence-corrected chi connectivity index (χ1v) is 10.4. The van der Waals surface area contributed by atoms with Gasteiger partial charge in [0.05, 0.1) is 13.2 Å². The summed E-state index contributed by atoms with van der Waals surface area (Å²) in [6.45, 7) is 4.80. The van der Waals surface area contributed by atoms with Gasteiger partial charge in [-0.1, -0.05) is 19.3 Å². The molecule has 149 valence electrons. The average molecular weight is 475 g/mol. The van der Waals surface area contributed by atoms with Crippen molar-refractivity contribution in [3.05, 3.63) is 64.7 Å². The maximum atomic E-state index is 9.47. The number of hydrogen-bond acceptors (Lipinski definition) is 2. The fraction of sp³-hybridized carbons (Fsp3) is 0.500. The van der Waals surface area contributed by atoms with E-state index in [-0.39, 0.29) is 44.7 Å². The fourth-order valence-corrected chi connectivity index (χ4v) is 4.73. The van der Waals surface area contributed by atoms with Crippen molar-refractivity contribution in [3.63, 3.8) is 0 Å². The molecule has 0 amide bonds. The Morgan fingerprint density at radius 2 is 1.96 bits per heavy atom. The molecule has 1 aliphatic rings. The maximum absolute atomic E-state index is 9.47. The topological polar surface area (TPSA) is 29.5 Å². The van der Waals surface area contributed by atoms with Crippen LogP contribution in [0.15, 0.2) is 36.4 Å². The number of benzene rings is 2. The summed E-state index contributed by atoms with van der Waals surface area (Å²) in [5, 5.41) is 9.67. The number of rotatable bonds is 8. The monoisotopic (exact) mass is 474 g/mol. The van der Waals surface area contributed by atoms with Crippen molar-refractivity contribution in [1.82, 2.24) is 0 Å². The van der Waals surface area contributed by atoms with Gasteiger partial charge < -0.3 is 9.84 Å². The van der Waals surface area contributed by atoms with Crippen LogP contribution in [-0.4, -0.2) is 17.1 Å². The van der Waals surface area contributed by atoms with Crippen LogP contribution in [0, 0.1) is 31.7 Å². The van der Waals surface area contributed by atoms with Crippen LogP contribution in [0.25, 0.3) is 0 Å². The first-order valence-electron chi connectivity index (χ1n) is 10.0. The van der Waals surface area contributed by atoms with Crippen LogP contribution in [0.5, 0.6) is 5.75 Å². The smallest absolute Gasteiger partial charge is 0.119 e. The van der Waals surface area contributed by atoms with Gasteiger partial charge in [-0.2, -0.15) is 35.9 Å². The Labute approximate surface area is 199 Å². The minimum atomic E-state index is 0. The average Bonchev–Trinajstić information content (AvgIpc) is 3.00. The van der Waals surface area contributed by atoms with Crippen molar-refractivity contribution in [2.75, 3.05) is 6.61 Å². The van der Waals surface area contributed by atoms with E-state index in [1.54, 1.807) is 0 Å². The molecular weight excluding hydrogens is 445 g/mol. The summed E-state index contributed by atoms with van der Waals surface area (Å²) in [4.78, 5) is 0. The van der Waals surface area contributed by atoms with Gasteiger partial charge in [0.2, 0.25) is 0 Å². The van der Waals surface area contributed by atoms with Crippen LogP contribution < -0.4 is 4.74 Å². The third-order valence-electron chi connectivity index (χ3n) is 5.97. The number of ether oxygens (including phenoxy) is 1. The van der Waals surface area contributed by atoms with E-state index in [4.69, 9.17) is 16.3 Å². The number of alkyl halides is 1. The normalized spacial score (nSPS) is 21.4. The first kappa shape index (κ1) is 23.9. The molecule has 3 rings (SSSR count). The maximum Gasteiger partial charge on any atom is 0.119 e. The summed E-state index contributed by atoms with van der Waals surface area (Å²) >= 11 is 6.63. The molecule has 0 bridgehead atoms. The molecule has 1 saturated carbocycles. The molecule has 1 unspecified atom stereocenters. The standard InChI is InChI=1S/C24H30ClO2.Y/c1-17-13-21(14-18(2)22(17)15-26)27-16-23-20(11-12-24(23)25)10-6-9-19-7-4-3-5-8-19;/h3-4,7-8,13-14,20,23-24,26H,6,9-12,15-16H2,1-2H3;/q-1;/t20-,23+,24?;/m0./s1. The zero-order valence-electron chi connectivity index (χ0n) is 17.0. The Morgan fingerprint density at radius 3 is 2.61 bits per heavy atom. The van der Waals surface area contributed by atoms with Gasteiger partial charge >= 0.3 is 0 Å². The van der Waals surface area contributed by atoms with E-state index in [1.165, 1.54) is 24.8 Å². The van der Waals surface area contributed by atoms with Crippen LogP contribution in [0.1, 0.15) is 47.9 Å². The van der Waals surface area contributed by atoms with Crippen LogP contribution in [0.4, 0.5) is 0 Å². The summed E-state index contributed by atoms with van der Waals surface area (Å²) in [5.74, 6) is 1.93. The Kier molecular flexibility index (Phi) is 9.97. The van der Waals surface area contributed by atoms with Crippen molar-refractivity contribution in [2.24, 2.45) is 11.8 Å². The minimum absolute atomic E-state index is 0. The quantitative estimate of drug-likeness (QED) is 0.397. The van der Waals surface area contributed by atoms with E-state index in [2.05, 4.69) is 24.3 Å². The van der Waals surface area contributed by atoms with Crippen molar-refractivity contribution in [3.8, 4) is 5.75 Å². The molecule has 2 nitrogen and oxygen atoms in total. The number of aryl methyl sites for hydroxylation is 3. The van der Waals surface area contributed by atoms with Crippen molar-refractivity contribution in [1.29, 1.82) is 0 Å². The minimum Gasteiger partial charge on any atom is -0.493 e. The van der Waals surface area contributed by atoms with Crippen LogP contribution in [0.3, 0.4) is 0 Å². The van der Waals surface area contributed by atoms with Gasteiger partial charge in [0, 0.05) is 44.0 Å². The number of hydrogen-bond donors (Lipinski definition) is 1. The largest absolute Gasteiger partial charge is 0.493 e. The summed E-state index contributed by atoms with van der Waals surface area (Å²) in [7, 11) is 0. The van der Waals surface area contributed by atoms with Crippen molar-refractivity contribution >= 4 is 11.6 Å². The first-order chi connectivity index (χ1) is 13.1. The van der Waals surface area contributed by atoms with E-state index in [0.29, 0.717) is 18.4 Å². The predicted octanol–water partition coefficient (Wildman–Crippen LogP) is 5.63. The Bertz CT molecular complexity index is 712. The molecule has 1 fully saturated rings. The van der Waals surface area contributed by atoms with Crippen molar-refractivity contribution < 1.29 is 42.6 Å². The molecule has 1 N–H and O–H groups in total. The van der Waals surface area contributed by atoms with Gasteiger partial charge in [-0.05, 0) is 61.4 Å². The van der Waals surface area contributed by atoms with Crippen LogP contribution >= 0.6 is 11.6 Å². The molecular formula is C24H30ClO2Y-. The summed E-state index contributed by atoms with van der Waals surface area (Å²) in [6, 6.07) is 15.5. The zero-order chi connectivity index (χ0) is 19.2. The molecule has 1 radical (unpaired) electrons. The van der Waals surface area contributed by atoms with Gasteiger partial charge in [0.15, 0.2) is 0 Å². The SMILES string of the molecule is Cc1cc(OC[C@H]2C(Cl)CC[C@@H]2CCCc2c[c-]ccc2)cc(C)c1CO.[Y]. The van der Waals surface area contributed by atoms with E-state index in [0.717, 1.165) is 35.3 Å². The molecule has 2 aromatic carbocycles. The Morgan fingerprint density at radius 1 is 1.21 bits per heavy atom. The molecule has 3 atom stereocenters. The van der Waals surface area contributed by atoms with Gasteiger partial charge in [0.1, 0.15) is 5.75 Å². The zero-order valence-corrected chi connectivity index (χ0v) is 20.6. The second-order valence-electron chi connectivity index (χ2n) is 7.83. The second kappa shape index (κ2) is 11.7. The summed E-state index contributed by atoms with van der Waals surface area (Å²) < 4.78 is 6.15.